The Labute approximate surface area is 109 Å². The quantitative estimate of drug-likeness (QED) is 0.920. The number of hydrogen-bond acceptors (Lipinski definition) is 4. The molecule has 0 amide bonds. The van der Waals surface area contributed by atoms with Crippen molar-refractivity contribution in [2.75, 3.05) is 23.7 Å². The first-order chi connectivity index (χ1) is 8.90. The second kappa shape index (κ2) is 5.22. The fourth-order valence-corrected chi connectivity index (χ4v) is 2.44. The Morgan fingerprint density at radius 2 is 2.16 bits per heavy atom. The summed E-state index contributed by atoms with van der Waals surface area (Å²) in [5, 5.41) is 0. The van der Waals surface area contributed by atoms with E-state index in [1.54, 1.807) is 0 Å². The van der Waals surface area contributed by atoms with E-state index in [2.05, 4.69) is 16.9 Å². The van der Waals surface area contributed by atoms with Crippen LogP contribution in [-0.4, -0.2) is 23.1 Å². The molecule has 1 aliphatic heterocycles. The lowest BCUT2D eigenvalue weighted by molar-refractivity contribution is -0.141. The molecule has 0 aliphatic carbocycles. The third kappa shape index (κ3) is 3.27. The molecule has 1 fully saturated rings. The SMILES string of the molecule is CCCC1CCN(c2cc(C(F)(F)F)nc(N)n2)C1. The Morgan fingerprint density at radius 1 is 1.42 bits per heavy atom. The largest absolute Gasteiger partial charge is 0.433 e. The standard InChI is InChI=1S/C12H17F3N4/c1-2-3-8-4-5-19(7-8)10-6-9(12(13,14)15)17-11(16)18-10/h6,8H,2-5,7H2,1H3,(H2,16,17,18). The van der Waals surface area contributed by atoms with Crippen LogP contribution in [0.2, 0.25) is 0 Å². The normalized spacial score (nSPS) is 20.0. The Kier molecular flexibility index (Phi) is 3.82. The molecule has 1 saturated heterocycles. The summed E-state index contributed by atoms with van der Waals surface area (Å²) in [4.78, 5) is 9.02. The van der Waals surface area contributed by atoms with Crippen molar-refractivity contribution < 1.29 is 13.2 Å². The molecule has 0 bridgehead atoms. The maximum Gasteiger partial charge on any atom is 0.433 e. The topological polar surface area (TPSA) is 55.0 Å². The predicted octanol–water partition coefficient (Wildman–Crippen LogP) is 2.70. The van der Waals surface area contributed by atoms with Crippen molar-refractivity contribution in [2.45, 2.75) is 32.4 Å². The van der Waals surface area contributed by atoms with Gasteiger partial charge in [-0.2, -0.15) is 18.2 Å². The number of anilines is 2. The molecule has 2 rings (SSSR count). The molecule has 0 saturated carbocycles. The molecule has 1 aromatic rings. The molecule has 0 radical (unpaired) electrons. The lowest BCUT2D eigenvalue weighted by Gasteiger charge is -2.19. The number of nitrogens with zero attached hydrogens (tertiary/aromatic N) is 3. The summed E-state index contributed by atoms with van der Waals surface area (Å²) in [6.45, 7) is 3.56. The molecule has 19 heavy (non-hydrogen) atoms. The summed E-state index contributed by atoms with van der Waals surface area (Å²) in [5.41, 5.74) is 4.39. The van der Waals surface area contributed by atoms with Gasteiger partial charge in [-0.1, -0.05) is 13.3 Å². The highest BCUT2D eigenvalue weighted by Gasteiger charge is 2.34. The molecule has 1 aliphatic rings. The van der Waals surface area contributed by atoms with Crippen LogP contribution in [-0.2, 0) is 6.18 Å². The van der Waals surface area contributed by atoms with E-state index in [9.17, 15) is 13.2 Å². The molecular weight excluding hydrogens is 257 g/mol. The number of rotatable bonds is 3. The van der Waals surface area contributed by atoms with Crippen molar-refractivity contribution in [3.05, 3.63) is 11.8 Å². The Hall–Kier alpha value is -1.53. The fourth-order valence-electron chi connectivity index (χ4n) is 2.44. The van der Waals surface area contributed by atoms with E-state index in [-0.39, 0.29) is 11.8 Å². The maximum absolute atomic E-state index is 12.7. The van der Waals surface area contributed by atoms with Crippen LogP contribution in [0, 0.1) is 5.92 Å². The van der Waals surface area contributed by atoms with Crippen molar-refractivity contribution in [2.24, 2.45) is 5.92 Å². The molecule has 1 aromatic heterocycles. The average molecular weight is 274 g/mol. The van der Waals surface area contributed by atoms with Gasteiger partial charge >= 0.3 is 6.18 Å². The van der Waals surface area contributed by atoms with Gasteiger partial charge in [-0.3, -0.25) is 0 Å². The van der Waals surface area contributed by atoms with E-state index in [0.29, 0.717) is 5.92 Å². The highest BCUT2D eigenvalue weighted by Crippen LogP contribution is 2.32. The van der Waals surface area contributed by atoms with Gasteiger partial charge in [-0.25, -0.2) is 4.98 Å². The number of hydrogen-bond donors (Lipinski definition) is 1. The van der Waals surface area contributed by atoms with Gasteiger partial charge in [0, 0.05) is 19.2 Å². The number of nitrogens with two attached hydrogens (primary N) is 1. The highest BCUT2D eigenvalue weighted by atomic mass is 19.4. The second-order valence-electron chi connectivity index (χ2n) is 4.86. The van der Waals surface area contributed by atoms with Gasteiger partial charge in [0.15, 0.2) is 5.69 Å². The van der Waals surface area contributed by atoms with Crippen molar-refractivity contribution in [1.29, 1.82) is 0 Å². The minimum Gasteiger partial charge on any atom is -0.368 e. The Balaban J connectivity index is 2.19. The highest BCUT2D eigenvalue weighted by molar-refractivity contribution is 5.45. The monoisotopic (exact) mass is 274 g/mol. The van der Waals surface area contributed by atoms with Gasteiger partial charge in [0.25, 0.3) is 0 Å². The zero-order valence-corrected chi connectivity index (χ0v) is 10.7. The van der Waals surface area contributed by atoms with Gasteiger partial charge < -0.3 is 10.6 Å². The summed E-state index contributed by atoms with van der Waals surface area (Å²) >= 11 is 0. The van der Waals surface area contributed by atoms with Crippen LogP contribution in [0.1, 0.15) is 31.9 Å². The van der Waals surface area contributed by atoms with Crippen molar-refractivity contribution in [1.82, 2.24) is 9.97 Å². The molecule has 0 spiro atoms. The van der Waals surface area contributed by atoms with Crippen LogP contribution in [0.25, 0.3) is 0 Å². The zero-order valence-electron chi connectivity index (χ0n) is 10.7. The molecule has 4 nitrogen and oxygen atoms in total. The van der Waals surface area contributed by atoms with E-state index >= 15 is 0 Å². The van der Waals surface area contributed by atoms with Crippen LogP contribution in [0.3, 0.4) is 0 Å². The van der Waals surface area contributed by atoms with Crippen molar-refractivity contribution in [3.8, 4) is 0 Å². The smallest absolute Gasteiger partial charge is 0.368 e. The molecule has 2 heterocycles. The van der Waals surface area contributed by atoms with Crippen LogP contribution in [0.15, 0.2) is 6.07 Å². The van der Waals surface area contributed by atoms with E-state index in [0.717, 1.165) is 38.4 Å². The number of halogens is 3. The van der Waals surface area contributed by atoms with Crippen LogP contribution >= 0.6 is 0 Å². The predicted molar refractivity (Wildman–Crippen MR) is 66.7 cm³/mol. The third-order valence-corrected chi connectivity index (χ3v) is 3.33. The molecule has 0 aromatic carbocycles. The molecule has 2 N–H and O–H groups in total. The summed E-state index contributed by atoms with van der Waals surface area (Å²) < 4.78 is 38.0. The van der Waals surface area contributed by atoms with Crippen LogP contribution in [0.4, 0.5) is 24.9 Å². The van der Waals surface area contributed by atoms with E-state index in [4.69, 9.17) is 5.73 Å². The third-order valence-electron chi connectivity index (χ3n) is 3.33. The molecule has 1 atom stereocenters. The first-order valence-corrected chi connectivity index (χ1v) is 6.37. The maximum atomic E-state index is 12.7. The molecule has 1 unspecified atom stereocenters. The molecular formula is C12H17F3N4. The van der Waals surface area contributed by atoms with Crippen molar-refractivity contribution in [3.63, 3.8) is 0 Å². The van der Waals surface area contributed by atoms with Crippen molar-refractivity contribution >= 4 is 11.8 Å². The molecule has 7 heteroatoms. The first kappa shape index (κ1) is 13.9. The summed E-state index contributed by atoms with van der Waals surface area (Å²) in [7, 11) is 0. The number of aromatic nitrogens is 2. The molecule has 106 valence electrons. The van der Waals surface area contributed by atoms with Gasteiger partial charge in [0.2, 0.25) is 5.95 Å². The first-order valence-electron chi connectivity index (χ1n) is 6.37. The second-order valence-corrected chi connectivity index (χ2v) is 4.86. The lowest BCUT2D eigenvalue weighted by Crippen LogP contribution is -2.23. The number of nitrogen functional groups attached to an aromatic ring is 1. The van der Waals surface area contributed by atoms with Crippen LogP contribution < -0.4 is 10.6 Å². The Morgan fingerprint density at radius 3 is 2.79 bits per heavy atom. The van der Waals surface area contributed by atoms with E-state index in [1.807, 2.05) is 4.90 Å². The summed E-state index contributed by atoms with van der Waals surface area (Å²) in [6.07, 6.45) is -1.34. The fraction of sp³-hybridized carbons (Fsp3) is 0.667. The zero-order chi connectivity index (χ0) is 14.0. The minimum atomic E-state index is -4.49. The minimum absolute atomic E-state index is 0.276. The summed E-state index contributed by atoms with van der Waals surface area (Å²) in [5.74, 6) is 0.470. The lowest BCUT2D eigenvalue weighted by atomic mass is 10.0. The van der Waals surface area contributed by atoms with Gasteiger partial charge in [0.05, 0.1) is 0 Å². The van der Waals surface area contributed by atoms with E-state index in [1.165, 1.54) is 0 Å². The average Bonchev–Trinajstić information content (AvgIpc) is 2.76. The summed E-state index contributed by atoms with van der Waals surface area (Å²) in [6, 6.07) is 0.977. The van der Waals surface area contributed by atoms with Gasteiger partial charge in [-0.15, -0.1) is 0 Å². The van der Waals surface area contributed by atoms with Crippen LogP contribution in [0.5, 0.6) is 0 Å². The van der Waals surface area contributed by atoms with Gasteiger partial charge in [0.1, 0.15) is 5.82 Å². The number of alkyl halides is 3. The van der Waals surface area contributed by atoms with E-state index < -0.39 is 11.9 Å². The van der Waals surface area contributed by atoms with Gasteiger partial charge in [-0.05, 0) is 18.8 Å². The Bertz CT molecular complexity index is 447.